The van der Waals surface area contributed by atoms with Crippen LogP contribution in [0.4, 0.5) is 5.69 Å². The van der Waals surface area contributed by atoms with Gasteiger partial charge >= 0.3 is 0 Å². The minimum absolute atomic E-state index is 0.529. The van der Waals surface area contributed by atoms with Crippen LogP contribution in [0, 0.1) is 6.92 Å². The predicted molar refractivity (Wildman–Crippen MR) is 113 cm³/mol. The number of aryl methyl sites for hydroxylation is 1. The van der Waals surface area contributed by atoms with Gasteiger partial charge in [-0.2, -0.15) is 4.99 Å². The van der Waals surface area contributed by atoms with E-state index in [-0.39, 0.29) is 0 Å². The summed E-state index contributed by atoms with van der Waals surface area (Å²) in [6.45, 7) is 2.88. The Labute approximate surface area is 162 Å². The second kappa shape index (κ2) is 7.47. The minimum Gasteiger partial charge on any atom is -0.366 e. The molecule has 0 bridgehead atoms. The highest BCUT2D eigenvalue weighted by Gasteiger charge is 2.46. The van der Waals surface area contributed by atoms with Crippen LogP contribution in [-0.4, -0.2) is 33.5 Å². The number of hydrogen-bond acceptors (Lipinski definition) is 5. The minimum atomic E-state index is -1.13. The average molecular weight is 384 g/mol. The zero-order chi connectivity index (χ0) is 18.0. The summed E-state index contributed by atoms with van der Waals surface area (Å²) in [5.41, 5.74) is 1.86. The van der Waals surface area contributed by atoms with Crippen LogP contribution >= 0.6 is 23.5 Å². The zero-order valence-corrected chi connectivity index (χ0v) is 16.3. The van der Waals surface area contributed by atoms with Gasteiger partial charge in [-0.25, -0.2) is 0 Å². The molecule has 0 aliphatic carbocycles. The quantitative estimate of drug-likeness (QED) is 0.843. The highest BCUT2D eigenvalue weighted by molar-refractivity contribution is 8.15. The zero-order valence-electron chi connectivity index (χ0n) is 14.6. The van der Waals surface area contributed by atoms with Crippen molar-refractivity contribution in [2.24, 2.45) is 9.98 Å². The normalized spacial score (nSPS) is 24.8. The summed E-state index contributed by atoms with van der Waals surface area (Å²) in [5, 5.41) is 13.3. The molecule has 26 heavy (non-hydrogen) atoms. The second-order valence-corrected chi connectivity index (χ2v) is 8.41. The van der Waals surface area contributed by atoms with Gasteiger partial charge in [-0.15, -0.1) is 0 Å². The van der Waals surface area contributed by atoms with Gasteiger partial charge in [-0.1, -0.05) is 71.6 Å². The topological polar surface area (TPSA) is 48.2 Å². The van der Waals surface area contributed by atoms with Crippen molar-refractivity contribution in [3.63, 3.8) is 0 Å². The standard InChI is InChI=1S/C20H21N3OS2/c1-15-8-10-16(11-9-15)20(24)14-26-19(22-18-21-12-5-13-25-18)23(20)17-6-3-2-4-7-17/h2-4,6-11,24H,5,12-14H2,1H3/t20-/m0/s1. The van der Waals surface area contributed by atoms with E-state index in [1.165, 1.54) is 5.56 Å². The Bertz CT molecular complexity index is 836. The highest BCUT2D eigenvalue weighted by atomic mass is 32.2. The maximum atomic E-state index is 11.6. The van der Waals surface area contributed by atoms with Gasteiger partial charge in [0.2, 0.25) is 0 Å². The average Bonchev–Trinajstić information content (AvgIpc) is 3.01. The Hall–Kier alpha value is -1.76. The summed E-state index contributed by atoms with van der Waals surface area (Å²) in [6.07, 6.45) is 1.10. The summed E-state index contributed by atoms with van der Waals surface area (Å²) < 4.78 is 0. The first kappa shape index (κ1) is 17.6. The maximum absolute atomic E-state index is 11.6. The summed E-state index contributed by atoms with van der Waals surface area (Å²) in [6, 6.07) is 18.1. The fourth-order valence-corrected chi connectivity index (χ4v) is 5.08. The van der Waals surface area contributed by atoms with Crippen molar-refractivity contribution < 1.29 is 5.11 Å². The monoisotopic (exact) mass is 383 g/mol. The second-order valence-electron chi connectivity index (χ2n) is 6.40. The lowest BCUT2D eigenvalue weighted by Crippen LogP contribution is -2.45. The van der Waals surface area contributed by atoms with Gasteiger partial charge in [0.1, 0.15) is 0 Å². The van der Waals surface area contributed by atoms with Crippen molar-refractivity contribution in [1.29, 1.82) is 0 Å². The Morgan fingerprint density at radius 2 is 1.85 bits per heavy atom. The molecule has 0 amide bonds. The molecular formula is C20H21N3OS2. The van der Waals surface area contributed by atoms with Crippen molar-refractivity contribution in [1.82, 2.24) is 0 Å². The summed E-state index contributed by atoms with van der Waals surface area (Å²) >= 11 is 3.26. The van der Waals surface area contributed by atoms with E-state index in [9.17, 15) is 5.11 Å². The van der Waals surface area contributed by atoms with Crippen LogP contribution in [0.5, 0.6) is 0 Å². The largest absolute Gasteiger partial charge is 0.366 e. The van der Waals surface area contributed by atoms with Crippen LogP contribution in [0.2, 0.25) is 0 Å². The molecular weight excluding hydrogens is 362 g/mol. The predicted octanol–water partition coefficient (Wildman–Crippen LogP) is 4.24. The molecule has 1 saturated heterocycles. The van der Waals surface area contributed by atoms with Gasteiger partial charge in [0.15, 0.2) is 16.1 Å². The number of hydrogen-bond donors (Lipinski definition) is 1. The van der Waals surface area contributed by atoms with Crippen LogP contribution in [0.3, 0.4) is 0 Å². The molecule has 4 nitrogen and oxygen atoms in total. The molecule has 2 heterocycles. The van der Waals surface area contributed by atoms with Gasteiger partial charge < -0.3 is 5.11 Å². The number of amidine groups is 2. The van der Waals surface area contributed by atoms with Crippen molar-refractivity contribution >= 4 is 39.5 Å². The van der Waals surface area contributed by atoms with E-state index in [2.05, 4.69) is 11.9 Å². The van der Waals surface area contributed by atoms with Crippen molar-refractivity contribution in [2.75, 3.05) is 23.0 Å². The fraction of sp³-hybridized carbons (Fsp3) is 0.300. The van der Waals surface area contributed by atoms with E-state index in [1.807, 2.05) is 59.5 Å². The number of aliphatic hydroxyl groups is 1. The molecule has 134 valence electrons. The number of para-hydroxylation sites is 1. The lowest BCUT2D eigenvalue weighted by molar-refractivity contribution is 0.0768. The third-order valence-corrected chi connectivity index (χ3v) is 6.51. The number of nitrogens with zero attached hydrogens (tertiary/aromatic N) is 3. The van der Waals surface area contributed by atoms with Crippen LogP contribution in [-0.2, 0) is 5.72 Å². The number of thioether (sulfide) groups is 2. The first-order valence-electron chi connectivity index (χ1n) is 8.70. The van der Waals surface area contributed by atoms with E-state index < -0.39 is 5.72 Å². The van der Waals surface area contributed by atoms with Crippen LogP contribution in [0.1, 0.15) is 17.5 Å². The van der Waals surface area contributed by atoms with E-state index in [4.69, 9.17) is 4.99 Å². The van der Waals surface area contributed by atoms with E-state index >= 15 is 0 Å². The van der Waals surface area contributed by atoms with Crippen molar-refractivity contribution in [3.05, 3.63) is 65.7 Å². The van der Waals surface area contributed by atoms with Crippen molar-refractivity contribution in [3.8, 4) is 0 Å². The fourth-order valence-electron chi connectivity index (χ4n) is 3.07. The third kappa shape index (κ3) is 3.41. The highest BCUT2D eigenvalue weighted by Crippen LogP contribution is 2.42. The number of anilines is 1. The molecule has 0 saturated carbocycles. The molecule has 2 aromatic carbocycles. The molecule has 6 heteroatoms. The van der Waals surface area contributed by atoms with Gasteiger partial charge in [-0.3, -0.25) is 9.89 Å². The SMILES string of the molecule is Cc1ccc([C@@]2(O)CSC(=NC3=NCCCS3)N2c2ccccc2)cc1. The maximum Gasteiger partial charge on any atom is 0.185 e. The van der Waals surface area contributed by atoms with E-state index in [0.717, 1.165) is 40.3 Å². The Kier molecular flexibility index (Phi) is 5.07. The first-order chi connectivity index (χ1) is 12.7. The van der Waals surface area contributed by atoms with Gasteiger partial charge in [-0.05, 0) is 25.5 Å². The van der Waals surface area contributed by atoms with E-state index in [1.54, 1.807) is 23.5 Å². The Balaban J connectivity index is 1.78. The summed E-state index contributed by atoms with van der Waals surface area (Å²) in [5.74, 6) is 1.58. The lowest BCUT2D eigenvalue weighted by Gasteiger charge is -2.34. The molecule has 2 aliphatic rings. The van der Waals surface area contributed by atoms with Gasteiger partial charge in [0, 0.05) is 23.5 Å². The van der Waals surface area contributed by atoms with Crippen LogP contribution < -0.4 is 4.90 Å². The summed E-state index contributed by atoms with van der Waals surface area (Å²) in [4.78, 5) is 11.3. The Morgan fingerprint density at radius 3 is 2.54 bits per heavy atom. The molecule has 1 atom stereocenters. The molecule has 4 rings (SSSR count). The number of rotatable bonds is 2. The van der Waals surface area contributed by atoms with Gasteiger partial charge in [0.25, 0.3) is 0 Å². The molecule has 2 aliphatic heterocycles. The van der Waals surface area contributed by atoms with Gasteiger partial charge in [0.05, 0.1) is 5.75 Å². The molecule has 0 unspecified atom stereocenters. The molecule has 0 radical (unpaired) electrons. The molecule has 0 aromatic heterocycles. The third-order valence-electron chi connectivity index (χ3n) is 4.46. The smallest absolute Gasteiger partial charge is 0.185 e. The molecule has 2 aromatic rings. The lowest BCUT2D eigenvalue weighted by atomic mass is 10.0. The first-order valence-corrected chi connectivity index (χ1v) is 10.7. The Morgan fingerprint density at radius 1 is 1.08 bits per heavy atom. The van der Waals surface area contributed by atoms with Crippen LogP contribution in [0.15, 0.2) is 64.6 Å². The van der Waals surface area contributed by atoms with E-state index in [0.29, 0.717) is 5.75 Å². The van der Waals surface area contributed by atoms with Crippen molar-refractivity contribution in [2.45, 2.75) is 19.1 Å². The molecule has 1 N–H and O–H groups in total. The van der Waals surface area contributed by atoms with Crippen LogP contribution in [0.25, 0.3) is 0 Å². The number of aliphatic imine (C=N–C) groups is 2. The molecule has 0 spiro atoms. The molecule has 1 fully saturated rings. The summed E-state index contributed by atoms with van der Waals surface area (Å²) in [7, 11) is 0. The number of benzene rings is 2.